The van der Waals surface area contributed by atoms with Crippen LogP contribution in [0, 0.1) is 0 Å². The Morgan fingerprint density at radius 2 is 2.00 bits per heavy atom. The molecule has 1 amide bonds. The van der Waals surface area contributed by atoms with E-state index in [0.29, 0.717) is 23.1 Å². The van der Waals surface area contributed by atoms with Crippen LogP contribution in [0.3, 0.4) is 0 Å². The number of aromatic nitrogens is 3. The van der Waals surface area contributed by atoms with Gasteiger partial charge < -0.3 is 20.1 Å². The molecule has 0 fully saturated rings. The van der Waals surface area contributed by atoms with Crippen LogP contribution in [0.1, 0.15) is 16.8 Å². The van der Waals surface area contributed by atoms with Crippen molar-refractivity contribution in [3.8, 4) is 0 Å². The molecule has 7 nitrogen and oxygen atoms in total. The van der Waals surface area contributed by atoms with Crippen molar-refractivity contribution in [2.45, 2.75) is 6.42 Å². The van der Waals surface area contributed by atoms with Gasteiger partial charge in [-0.3, -0.25) is 4.79 Å². The van der Waals surface area contributed by atoms with Gasteiger partial charge in [-0.15, -0.1) is 0 Å². The van der Waals surface area contributed by atoms with E-state index in [4.69, 9.17) is 11.6 Å². The second kappa shape index (κ2) is 8.59. The Labute approximate surface area is 183 Å². The molecule has 0 aliphatic rings. The summed E-state index contributed by atoms with van der Waals surface area (Å²) in [6.07, 6.45) is 0.909. The van der Waals surface area contributed by atoms with E-state index in [-0.39, 0.29) is 5.91 Å². The van der Waals surface area contributed by atoms with Crippen LogP contribution in [0.2, 0.25) is 5.02 Å². The largest absolute Gasteiger partial charge is 0.352 e. The van der Waals surface area contributed by atoms with Crippen molar-refractivity contribution < 1.29 is 4.79 Å². The third-order valence-corrected chi connectivity index (χ3v) is 5.95. The van der Waals surface area contributed by atoms with Crippen LogP contribution in [0.25, 0.3) is 21.3 Å². The zero-order valence-corrected chi connectivity index (χ0v) is 18.6. The molecule has 9 heteroatoms. The number of fused-ring (bicyclic) bond motifs is 2. The third kappa shape index (κ3) is 4.40. The zero-order chi connectivity index (χ0) is 21.3. The number of benzene rings is 2. The monoisotopic (exact) mass is 442 g/mol. The second-order valence-corrected chi connectivity index (χ2v) is 8.83. The van der Waals surface area contributed by atoms with Gasteiger partial charge in [0.1, 0.15) is 0 Å². The molecule has 0 spiro atoms. The van der Waals surface area contributed by atoms with Crippen molar-refractivity contribution in [1.82, 2.24) is 24.8 Å². The van der Waals surface area contributed by atoms with E-state index in [9.17, 15) is 4.79 Å². The van der Waals surface area contributed by atoms with Crippen LogP contribution in [0.4, 0.5) is 11.1 Å². The summed E-state index contributed by atoms with van der Waals surface area (Å²) in [5.41, 5.74) is 3.18. The normalized spacial score (nSPS) is 11.5. The molecule has 4 rings (SSSR count). The molecule has 2 aromatic heterocycles. The fourth-order valence-electron chi connectivity index (χ4n) is 3.20. The summed E-state index contributed by atoms with van der Waals surface area (Å²) in [6, 6.07) is 11.2. The van der Waals surface area contributed by atoms with Crippen LogP contribution in [-0.4, -0.2) is 52.5 Å². The highest BCUT2D eigenvalue weighted by Crippen LogP contribution is 2.31. The number of rotatable bonds is 7. The van der Waals surface area contributed by atoms with Crippen molar-refractivity contribution in [3.05, 3.63) is 47.0 Å². The molecule has 4 aromatic rings. The maximum absolute atomic E-state index is 12.4. The number of carbonyl (C=O) groups is 1. The number of hydrogen-bond acceptors (Lipinski definition) is 6. The van der Waals surface area contributed by atoms with Gasteiger partial charge in [-0.05, 0) is 63.5 Å². The third-order valence-electron chi connectivity index (χ3n) is 4.78. The lowest BCUT2D eigenvalue weighted by molar-refractivity contribution is 0.0952. The quantitative estimate of drug-likeness (QED) is 0.418. The highest BCUT2D eigenvalue weighted by molar-refractivity contribution is 7.22. The van der Waals surface area contributed by atoms with Gasteiger partial charge >= 0.3 is 0 Å². The lowest BCUT2D eigenvalue weighted by Crippen LogP contribution is -2.27. The number of nitrogens with zero attached hydrogens (tertiary/aromatic N) is 4. The zero-order valence-electron chi connectivity index (χ0n) is 17.1. The molecule has 2 N–H and O–H groups in total. The van der Waals surface area contributed by atoms with Crippen molar-refractivity contribution in [2.24, 2.45) is 7.05 Å². The molecule has 0 aliphatic carbocycles. The summed E-state index contributed by atoms with van der Waals surface area (Å²) in [5, 5.41) is 7.68. The first-order valence-corrected chi connectivity index (χ1v) is 10.8. The Balaban J connectivity index is 1.52. The minimum atomic E-state index is -0.0844. The average molecular weight is 443 g/mol. The van der Waals surface area contributed by atoms with Gasteiger partial charge in [0.15, 0.2) is 5.13 Å². The SMILES string of the molecule is CN(C)CCCNC(=O)c1ccc2c(c1)nc(Nc1nc3ccc(Cl)cc3s1)n2C. The van der Waals surface area contributed by atoms with Gasteiger partial charge in [0, 0.05) is 24.2 Å². The molecule has 0 atom stereocenters. The van der Waals surface area contributed by atoms with Crippen LogP contribution in [-0.2, 0) is 7.05 Å². The van der Waals surface area contributed by atoms with E-state index >= 15 is 0 Å². The van der Waals surface area contributed by atoms with Crippen LogP contribution < -0.4 is 10.6 Å². The molecule has 2 heterocycles. The van der Waals surface area contributed by atoms with Gasteiger partial charge in [0.05, 0.1) is 21.3 Å². The lowest BCUT2D eigenvalue weighted by Gasteiger charge is -2.09. The average Bonchev–Trinajstić information content (AvgIpc) is 3.24. The van der Waals surface area contributed by atoms with E-state index in [0.717, 1.165) is 39.3 Å². The molecule has 0 aliphatic heterocycles. The Morgan fingerprint density at radius 3 is 2.80 bits per heavy atom. The van der Waals surface area contributed by atoms with Gasteiger partial charge in [-0.1, -0.05) is 22.9 Å². The Morgan fingerprint density at radius 1 is 1.17 bits per heavy atom. The van der Waals surface area contributed by atoms with Gasteiger partial charge in [0.25, 0.3) is 5.91 Å². The van der Waals surface area contributed by atoms with Crippen molar-refractivity contribution >= 4 is 61.2 Å². The fraction of sp³-hybridized carbons (Fsp3) is 0.286. The fourth-order valence-corrected chi connectivity index (χ4v) is 4.34. The second-order valence-electron chi connectivity index (χ2n) is 7.37. The number of carbonyl (C=O) groups excluding carboxylic acids is 1. The lowest BCUT2D eigenvalue weighted by atomic mass is 10.2. The van der Waals surface area contributed by atoms with Crippen molar-refractivity contribution in [2.75, 3.05) is 32.5 Å². The molecule has 0 bridgehead atoms. The van der Waals surface area contributed by atoms with Gasteiger partial charge in [-0.25, -0.2) is 9.97 Å². The van der Waals surface area contributed by atoms with Gasteiger partial charge in [-0.2, -0.15) is 0 Å². The first-order valence-electron chi connectivity index (χ1n) is 9.63. The number of anilines is 2. The molecule has 156 valence electrons. The molecule has 2 aromatic carbocycles. The predicted octanol–water partition coefficient (Wildman–Crippen LogP) is 4.26. The summed E-state index contributed by atoms with van der Waals surface area (Å²) < 4.78 is 2.96. The first kappa shape index (κ1) is 20.6. The minimum absolute atomic E-state index is 0.0844. The highest BCUT2D eigenvalue weighted by atomic mass is 35.5. The molecule has 30 heavy (non-hydrogen) atoms. The van der Waals surface area contributed by atoms with E-state index in [1.54, 1.807) is 0 Å². The molecule has 0 unspecified atom stereocenters. The first-order chi connectivity index (χ1) is 14.4. The minimum Gasteiger partial charge on any atom is -0.352 e. The topological polar surface area (TPSA) is 75.1 Å². The Kier molecular flexibility index (Phi) is 5.90. The van der Waals surface area contributed by atoms with E-state index in [2.05, 4.69) is 25.5 Å². The number of nitrogens with one attached hydrogen (secondary N) is 2. The molecule has 0 saturated heterocycles. The van der Waals surface area contributed by atoms with Gasteiger partial charge in [0.2, 0.25) is 5.95 Å². The van der Waals surface area contributed by atoms with E-state index in [1.165, 1.54) is 11.3 Å². The summed E-state index contributed by atoms with van der Waals surface area (Å²) in [7, 11) is 5.97. The maximum Gasteiger partial charge on any atom is 0.251 e. The summed E-state index contributed by atoms with van der Waals surface area (Å²) in [5.74, 6) is 0.581. The smallest absolute Gasteiger partial charge is 0.251 e. The summed E-state index contributed by atoms with van der Waals surface area (Å²) >= 11 is 7.59. The molecule has 0 radical (unpaired) electrons. The standard InChI is InChI=1S/C21H23ClN6OS/c1-27(2)10-4-9-23-19(29)13-5-8-17-16(11-13)24-20(28(17)3)26-21-25-15-7-6-14(22)12-18(15)30-21/h5-8,11-12H,4,9-10H2,1-3H3,(H,23,29)(H,24,25,26). The summed E-state index contributed by atoms with van der Waals surface area (Å²) in [4.78, 5) is 23.8. The number of hydrogen-bond donors (Lipinski definition) is 2. The Hall–Kier alpha value is -2.68. The molecular weight excluding hydrogens is 420 g/mol. The number of aryl methyl sites for hydroxylation is 1. The molecular formula is C21H23ClN6OS. The van der Waals surface area contributed by atoms with Crippen LogP contribution in [0.5, 0.6) is 0 Å². The number of imidazole rings is 1. The maximum atomic E-state index is 12.4. The Bertz CT molecular complexity index is 1220. The number of halogens is 1. The van der Waals surface area contributed by atoms with E-state index < -0.39 is 0 Å². The van der Waals surface area contributed by atoms with Crippen LogP contribution >= 0.6 is 22.9 Å². The summed E-state index contributed by atoms with van der Waals surface area (Å²) in [6.45, 7) is 1.58. The van der Waals surface area contributed by atoms with Crippen molar-refractivity contribution in [1.29, 1.82) is 0 Å². The highest BCUT2D eigenvalue weighted by Gasteiger charge is 2.13. The van der Waals surface area contributed by atoms with Crippen LogP contribution in [0.15, 0.2) is 36.4 Å². The molecule has 0 saturated carbocycles. The predicted molar refractivity (Wildman–Crippen MR) is 124 cm³/mol. The van der Waals surface area contributed by atoms with E-state index in [1.807, 2.05) is 62.1 Å². The number of amides is 1. The van der Waals surface area contributed by atoms with Crippen molar-refractivity contribution in [3.63, 3.8) is 0 Å². The number of thiazole rings is 1.